The smallest absolute Gasteiger partial charge is 0.258 e. The molecule has 0 saturated heterocycles. The number of carbonyl (C=O) groups is 1. The lowest BCUT2D eigenvalue weighted by atomic mass is 10.1. The van der Waals surface area contributed by atoms with Crippen molar-refractivity contribution in [2.45, 2.75) is 6.92 Å². The SMILES string of the molecule is COc1ccc(C(=O)Nc2cc(F)c(C)cc2F)c(F)c1. The monoisotopic (exact) mass is 295 g/mol. The zero-order valence-electron chi connectivity index (χ0n) is 11.3. The van der Waals surface area contributed by atoms with Crippen molar-refractivity contribution in [1.29, 1.82) is 0 Å². The fraction of sp³-hybridized carbons (Fsp3) is 0.133. The average Bonchev–Trinajstić information content (AvgIpc) is 2.44. The first kappa shape index (κ1) is 14.9. The van der Waals surface area contributed by atoms with Gasteiger partial charge >= 0.3 is 0 Å². The molecule has 0 heterocycles. The maximum absolute atomic E-state index is 13.7. The number of benzene rings is 2. The van der Waals surface area contributed by atoms with Crippen LogP contribution in [-0.2, 0) is 0 Å². The van der Waals surface area contributed by atoms with Crippen LogP contribution in [0.15, 0.2) is 30.3 Å². The van der Waals surface area contributed by atoms with E-state index < -0.39 is 23.4 Å². The largest absolute Gasteiger partial charge is 0.497 e. The van der Waals surface area contributed by atoms with Crippen LogP contribution in [0.4, 0.5) is 18.9 Å². The molecule has 0 fully saturated rings. The molecule has 0 aliphatic rings. The maximum atomic E-state index is 13.7. The van der Waals surface area contributed by atoms with Gasteiger partial charge < -0.3 is 10.1 Å². The van der Waals surface area contributed by atoms with Gasteiger partial charge in [0.25, 0.3) is 5.91 Å². The summed E-state index contributed by atoms with van der Waals surface area (Å²) < 4.78 is 45.6. The zero-order valence-corrected chi connectivity index (χ0v) is 11.3. The Balaban J connectivity index is 2.28. The van der Waals surface area contributed by atoms with Gasteiger partial charge in [-0.3, -0.25) is 4.79 Å². The van der Waals surface area contributed by atoms with E-state index in [0.717, 1.165) is 18.2 Å². The van der Waals surface area contributed by atoms with Crippen LogP contribution in [-0.4, -0.2) is 13.0 Å². The summed E-state index contributed by atoms with van der Waals surface area (Å²) in [4.78, 5) is 11.9. The summed E-state index contributed by atoms with van der Waals surface area (Å²) in [7, 11) is 1.36. The molecule has 3 nitrogen and oxygen atoms in total. The van der Waals surface area contributed by atoms with Crippen molar-refractivity contribution in [2.75, 3.05) is 12.4 Å². The molecule has 0 saturated carbocycles. The van der Waals surface area contributed by atoms with Crippen LogP contribution in [0, 0.1) is 24.4 Å². The Bertz CT molecular complexity index is 702. The molecule has 0 radical (unpaired) electrons. The minimum atomic E-state index is -0.877. The highest BCUT2D eigenvalue weighted by atomic mass is 19.1. The standard InChI is InChI=1S/C15H12F3NO2/c1-8-5-13(18)14(7-11(8)16)19-15(20)10-4-3-9(21-2)6-12(10)17/h3-7H,1-2H3,(H,19,20). The predicted octanol–water partition coefficient (Wildman–Crippen LogP) is 3.67. The quantitative estimate of drug-likeness (QED) is 0.938. The Morgan fingerprint density at radius 1 is 1.05 bits per heavy atom. The van der Waals surface area contributed by atoms with Crippen LogP contribution in [0.1, 0.15) is 15.9 Å². The van der Waals surface area contributed by atoms with Gasteiger partial charge in [-0.05, 0) is 30.7 Å². The van der Waals surface area contributed by atoms with Crippen molar-refractivity contribution in [2.24, 2.45) is 0 Å². The van der Waals surface area contributed by atoms with E-state index >= 15 is 0 Å². The molecule has 0 atom stereocenters. The second-order valence-electron chi connectivity index (χ2n) is 4.38. The summed E-state index contributed by atoms with van der Waals surface area (Å²) in [6, 6.07) is 5.43. The van der Waals surface area contributed by atoms with Crippen LogP contribution in [0.2, 0.25) is 0 Å². The predicted molar refractivity (Wildman–Crippen MR) is 72.0 cm³/mol. The molecule has 1 amide bonds. The molecular weight excluding hydrogens is 283 g/mol. The number of ether oxygens (including phenoxy) is 1. The van der Waals surface area contributed by atoms with Gasteiger partial charge in [0.15, 0.2) is 0 Å². The van der Waals surface area contributed by atoms with Crippen molar-refractivity contribution < 1.29 is 22.7 Å². The minimum absolute atomic E-state index is 0.112. The maximum Gasteiger partial charge on any atom is 0.258 e. The van der Waals surface area contributed by atoms with Gasteiger partial charge in [-0.15, -0.1) is 0 Å². The second-order valence-corrected chi connectivity index (χ2v) is 4.38. The van der Waals surface area contributed by atoms with Crippen LogP contribution in [0.5, 0.6) is 5.75 Å². The van der Waals surface area contributed by atoms with Crippen LogP contribution < -0.4 is 10.1 Å². The fourth-order valence-corrected chi connectivity index (χ4v) is 1.74. The molecule has 0 aliphatic carbocycles. The van der Waals surface area contributed by atoms with E-state index in [2.05, 4.69) is 5.32 Å². The summed E-state index contributed by atoms with van der Waals surface area (Å²) in [5.74, 6) is -2.91. The van der Waals surface area contributed by atoms with Crippen molar-refractivity contribution in [1.82, 2.24) is 0 Å². The summed E-state index contributed by atoms with van der Waals surface area (Å²) in [6.07, 6.45) is 0. The molecule has 2 aromatic carbocycles. The van der Waals surface area contributed by atoms with Gasteiger partial charge in [-0.2, -0.15) is 0 Å². The van der Waals surface area contributed by atoms with E-state index in [0.29, 0.717) is 0 Å². The molecule has 0 spiro atoms. The van der Waals surface area contributed by atoms with Gasteiger partial charge in [-0.25, -0.2) is 13.2 Å². The van der Waals surface area contributed by atoms with Gasteiger partial charge in [0.05, 0.1) is 18.4 Å². The summed E-state index contributed by atoms with van der Waals surface area (Å²) in [5.41, 5.74) is -0.532. The number of halogens is 3. The molecule has 110 valence electrons. The minimum Gasteiger partial charge on any atom is -0.497 e. The van der Waals surface area contributed by atoms with Crippen molar-refractivity contribution in [3.05, 3.63) is 58.9 Å². The number of hydrogen-bond donors (Lipinski definition) is 1. The third-order valence-corrected chi connectivity index (χ3v) is 2.92. The summed E-state index contributed by atoms with van der Waals surface area (Å²) >= 11 is 0. The van der Waals surface area contributed by atoms with Crippen molar-refractivity contribution in [3.63, 3.8) is 0 Å². The Morgan fingerprint density at radius 3 is 2.38 bits per heavy atom. The van der Waals surface area contributed by atoms with Gasteiger partial charge in [0.1, 0.15) is 23.2 Å². The molecule has 2 rings (SSSR count). The van der Waals surface area contributed by atoms with Crippen molar-refractivity contribution in [3.8, 4) is 5.75 Å². The molecule has 6 heteroatoms. The fourth-order valence-electron chi connectivity index (χ4n) is 1.74. The Morgan fingerprint density at radius 2 is 1.76 bits per heavy atom. The number of rotatable bonds is 3. The molecule has 0 aliphatic heterocycles. The van der Waals surface area contributed by atoms with Crippen molar-refractivity contribution >= 4 is 11.6 Å². The summed E-state index contributed by atoms with van der Waals surface area (Å²) in [5, 5.41) is 2.14. The number of hydrogen-bond acceptors (Lipinski definition) is 2. The first-order valence-electron chi connectivity index (χ1n) is 6.03. The first-order chi connectivity index (χ1) is 9.92. The number of methoxy groups -OCH3 is 1. The number of nitrogens with one attached hydrogen (secondary N) is 1. The highest BCUT2D eigenvalue weighted by Crippen LogP contribution is 2.21. The van der Waals surface area contributed by atoms with Gasteiger partial charge in [0.2, 0.25) is 0 Å². The molecule has 0 unspecified atom stereocenters. The summed E-state index contributed by atoms with van der Waals surface area (Å²) in [6.45, 7) is 1.40. The third-order valence-electron chi connectivity index (χ3n) is 2.92. The Labute approximate surface area is 119 Å². The number of anilines is 1. The van der Waals surface area contributed by atoms with E-state index in [-0.39, 0.29) is 22.6 Å². The van der Waals surface area contributed by atoms with Gasteiger partial charge in [0, 0.05) is 12.1 Å². The highest BCUT2D eigenvalue weighted by molar-refractivity contribution is 6.04. The highest BCUT2D eigenvalue weighted by Gasteiger charge is 2.15. The van der Waals surface area contributed by atoms with E-state index in [4.69, 9.17) is 4.74 Å². The number of carbonyl (C=O) groups excluding carboxylic acids is 1. The van der Waals surface area contributed by atoms with E-state index in [1.54, 1.807) is 0 Å². The Kier molecular flexibility index (Phi) is 4.16. The van der Waals surface area contributed by atoms with Crippen LogP contribution in [0.3, 0.4) is 0 Å². The first-order valence-corrected chi connectivity index (χ1v) is 6.03. The molecular formula is C15H12F3NO2. The van der Waals surface area contributed by atoms with E-state index in [9.17, 15) is 18.0 Å². The Hall–Kier alpha value is -2.50. The second kappa shape index (κ2) is 5.87. The number of amides is 1. The molecule has 1 N–H and O–H groups in total. The zero-order chi connectivity index (χ0) is 15.6. The normalized spacial score (nSPS) is 10.3. The van der Waals surface area contributed by atoms with E-state index in [1.165, 1.54) is 26.2 Å². The lowest BCUT2D eigenvalue weighted by Gasteiger charge is -2.09. The molecule has 0 bridgehead atoms. The number of aryl methyl sites for hydroxylation is 1. The van der Waals surface area contributed by atoms with E-state index in [1.807, 2.05) is 0 Å². The molecule has 2 aromatic rings. The lowest BCUT2D eigenvalue weighted by molar-refractivity contribution is 0.102. The topological polar surface area (TPSA) is 38.3 Å². The lowest BCUT2D eigenvalue weighted by Crippen LogP contribution is -2.15. The molecule has 0 aromatic heterocycles. The molecule has 21 heavy (non-hydrogen) atoms. The van der Waals surface area contributed by atoms with Crippen LogP contribution >= 0.6 is 0 Å². The van der Waals surface area contributed by atoms with Gasteiger partial charge in [-0.1, -0.05) is 0 Å². The average molecular weight is 295 g/mol. The third kappa shape index (κ3) is 3.16. The van der Waals surface area contributed by atoms with Crippen LogP contribution in [0.25, 0.3) is 0 Å².